The van der Waals surface area contributed by atoms with Crippen molar-refractivity contribution in [2.75, 3.05) is 19.7 Å². The SMILES string of the molecule is O=C(O)N1CC[C@@]2(c3ccc(Cl)c(C(F)(F)F)c3)C[C@@]2(CO)C1. The molecule has 1 saturated carbocycles. The lowest BCUT2D eigenvalue weighted by molar-refractivity contribution is -0.137. The number of nitrogens with zero attached hydrogens (tertiary/aromatic N) is 1. The molecule has 0 spiro atoms. The molecule has 1 aromatic carbocycles. The van der Waals surface area contributed by atoms with Gasteiger partial charge < -0.3 is 15.1 Å². The van der Waals surface area contributed by atoms with Crippen LogP contribution < -0.4 is 0 Å². The van der Waals surface area contributed by atoms with E-state index in [-0.39, 0.29) is 24.7 Å². The van der Waals surface area contributed by atoms with Crippen molar-refractivity contribution in [1.29, 1.82) is 0 Å². The van der Waals surface area contributed by atoms with Crippen LogP contribution in [-0.4, -0.2) is 40.9 Å². The van der Waals surface area contributed by atoms with E-state index >= 15 is 0 Å². The molecule has 0 aromatic heterocycles. The van der Waals surface area contributed by atoms with Gasteiger partial charge in [0.15, 0.2) is 0 Å². The Kier molecular flexibility index (Phi) is 3.57. The van der Waals surface area contributed by atoms with Crippen LogP contribution in [-0.2, 0) is 11.6 Å². The van der Waals surface area contributed by atoms with Gasteiger partial charge in [0.25, 0.3) is 0 Å². The fourth-order valence-electron chi connectivity index (χ4n) is 3.88. The molecule has 1 amide bonds. The second-order valence-corrected chi connectivity index (χ2v) is 6.75. The lowest BCUT2D eigenvalue weighted by Crippen LogP contribution is -2.45. The summed E-state index contributed by atoms with van der Waals surface area (Å²) in [5, 5.41) is 18.5. The quantitative estimate of drug-likeness (QED) is 0.860. The maximum atomic E-state index is 13.1. The molecule has 8 heteroatoms. The minimum absolute atomic E-state index is 0.128. The first-order valence-electron chi connectivity index (χ1n) is 7.11. The normalized spacial score (nSPS) is 30.0. The van der Waals surface area contributed by atoms with E-state index in [0.29, 0.717) is 18.4 Å². The molecule has 1 heterocycles. The Morgan fingerprint density at radius 3 is 2.65 bits per heavy atom. The van der Waals surface area contributed by atoms with Crippen molar-refractivity contribution in [3.8, 4) is 0 Å². The molecule has 1 saturated heterocycles. The molecule has 2 fully saturated rings. The summed E-state index contributed by atoms with van der Waals surface area (Å²) in [7, 11) is 0. The van der Waals surface area contributed by atoms with Crippen molar-refractivity contribution in [2.45, 2.75) is 24.4 Å². The van der Waals surface area contributed by atoms with Crippen LogP contribution in [0.15, 0.2) is 18.2 Å². The summed E-state index contributed by atoms with van der Waals surface area (Å²) in [6.45, 7) is 0.102. The zero-order valence-electron chi connectivity index (χ0n) is 12.0. The molecule has 126 valence electrons. The summed E-state index contributed by atoms with van der Waals surface area (Å²) in [6, 6.07) is 3.81. The number of hydrogen-bond acceptors (Lipinski definition) is 2. The van der Waals surface area contributed by atoms with Crippen LogP contribution in [0.25, 0.3) is 0 Å². The predicted octanol–water partition coefficient (Wildman–Crippen LogP) is 3.36. The summed E-state index contributed by atoms with van der Waals surface area (Å²) >= 11 is 5.66. The van der Waals surface area contributed by atoms with Crippen molar-refractivity contribution in [3.05, 3.63) is 34.3 Å². The van der Waals surface area contributed by atoms with Gasteiger partial charge in [0.2, 0.25) is 0 Å². The van der Waals surface area contributed by atoms with E-state index in [9.17, 15) is 23.1 Å². The number of benzene rings is 1. The Labute approximate surface area is 135 Å². The van der Waals surface area contributed by atoms with Crippen LogP contribution >= 0.6 is 11.6 Å². The van der Waals surface area contributed by atoms with Crippen molar-refractivity contribution in [1.82, 2.24) is 4.90 Å². The van der Waals surface area contributed by atoms with Gasteiger partial charge in [0, 0.05) is 23.9 Å². The Morgan fingerprint density at radius 2 is 2.09 bits per heavy atom. The molecule has 1 aliphatic heterocycles. The molecule has 0 radical (unpaired) electrons. The molecule has 23 heavy (non-hydrogen) atoms. The van der Waals surface area contributed by atoms with Gasteiger partial charge in [-0.15, -0.1) is 0 Å². The molecular formula is C15H15ClF3NO3. The standard InChI is InChI=1S/C15H15ClF3NO3/c16-11-2-1-9(5-10(11)15(17,18)19)14-3-4-20(12(22)23)7-13(14,6-14)8-21/h1-2,5,21H,3-4,6-8H2,(H,22,23)/t13-,14-/m0/s1. The van der Waals surface area contributed by atoms with E-state index in [4.69, 9.17) is 16.7 Å². The van der Waals surface area contributed by atoms with Crippen LogP contribution in [0.4, 0.5) is 18.0 Å². The smallest absolute Gasteiger partial charge is 0.417 e. The molecule has 2 aliphatic rings. The number of carboxylic acid groups (broad SMARTS) is 1. The summed E-state index contributed by atoms with van der Waals surface area (Å²) in [5.41, 5.74) is -1.75. The molecule has 1 aromatic rings. The number of fused-ring (bicyclic) bond motifs is 1. The summed E-state index contributed by atoms with van der Waals surface area (Å²) < 4.78 is 39.2. The summed E-state index contributed by atoms with van der Waals surface area (Å²) in [6.07, 6.45) is -4.77. The number of aliphatic hydroxyl groups is 1. The van der Waals surface area contributed by atoms with E-state index in [1.807, 2.05) is 0 Å². The number of carbonyl (C=O) groups is 1. The molecule has 2 N–H and O–H groups in total. The molecule has 0 unspecified atom stereocenters. The fraction of sp³-hybridized carbons (Fsp3) is 0.533. The van der Waals surface area contributed by atoms with Gasteiger partial charge in [-0.3, -0.25) is 0 Å². The Hall–Kier alpha value is -1.47. The number of likely N-dealkylation sites (tertiary alicyclic amines) is 1. The highest BCUT2D eigenvalue weighted by atomic mass is 35.5. The molecule has 0 bridgehead atoms. The first kappa shape index (κ1) is 16.4. The maximum Gasteiger partial charge on any atom is 0.417 e. The van der Waals surface area contributed by atoms with E-state index in [0.717, 1.165) is 6.07 Å². The van der Waals surface area contributed by atoms with Gasteiger partial charge >= 0.3 is 12.3 Å². The van der Waals surface area contributed by atoms with Gasteiger partial charge in [-0.05, 0) is 30.5 Å². The second kappa shape index (κ2) is 5.01. The highest BCUT2D eigenvalue weighted by molar-refractivity contribution is 6.31. The van der Waals surface area contributed by atoms with Gasteiger partial charge in [-0.25, -0.2) is 4.79 Å². The Morgan fingerprint density at radius 1 is 1.39 bits per heavy atom. The van der Waals surface area contributed by atoms with Crippen molar-refractivity contribution in [3.63, 3.8) is 0 Å². The molecule has 3 rings (SSSR count). The summed E-state index contributed by atoms with van der Waals surface area (Å²) in [5.74, 6) is 0. The molecule has 1 aliphatic carbocycles. The lowest BCUT2D eigenvalue weighted by Gasteiger charge is -2.36. The van der Waals surface area contributed by atoms with Crippen molar-refractivity contribution in [2.24, 2.45) is 5.41 Å². The fourth-order valence-corrected chi connectivity index (χ4v) is 4.10. The minimum Gasteiger partial charge on any atom is -0.465 e. The monoisotopic (exact) mass is 349 g/mol. The summed E-state index contributed by atoms with van der Waals surface area (Å²) in [4.78, 5) is 12.3. The molecule has 2 atom stereocenters. The third kappa shape index (κ3) is 2.37. The predicted molar refractivity (Wildman–Crippen MR) is 76.5 cm³/mol. The zero-order valence-corrected chi connectivity index (χ0v) is 12.8. The largest absolute Gasteiger partial charge is 0.465 e. The number of hydrogen-bond donors (Lipinski definition) is 2. The van der Waals surface area contributed by atoms with E-state index < -0.39 is 28.7 Å². The first-order valence-corrected chi connectivity index (χ1v) is 7.49. The van der Waals surface area contributed by atoms with E-state index in [1.165, 1.54) is 11.0 Å². The number of amides is 1. The molecule has 4 nitrogen and oxygen atoms in total. The number of aliphatic hydroxyl groups excluding tert-OH is 1. The second-order valence-electron chi connectivity index (χ2n) is 6.34. The van der Waals surface area contributed by atoms with Gasteiger partial charge in [-0.2, -0.15) is 13.2 Å². The first-order chi connectivity index (χ1) is 10.7. The van der Waals surface area contributed by atoms with Crippen molar-refractivity contribution < 1.29 is 28.2 Å². The minimum atomic E-state index is -4.55. The number of alkyl halides is 3. The van der Waals surface area contributed by atoms with Crippen molar-refractivity contribution >= 4 is 17.7 Å². The zero-order chi connectivity index (χ0) is 17.0. The maximum absolute atomic E-state index is 13.1. The number of piperidine rings is 1. The van der Waals surface area contributed by atoms with Crippen LogP contribution in [0, 0.1) is 5.41 Å². The van der Waals surface area contributed by atoms with Gasteiger partial charge in [0.1, 0.15) is 0 Å². The van der Waals surface area contributed by atoms with Crippen LogP contribution in [0.5, 0.6) is 0 Å². The highest BCUT2D eigenvalue weighted by Crippen LogP contribution is 2.68. The van der Waals surface area contributed by atoms with Gasteiger partial charge in [0.05, 0.1) is 17.2 Å². The van der Waals surface area contributed by atoms with Crippen LogP contribution in [0.3, 0.4) is 0 Å². The Balaban J connectivity index is 1.99. The average molecular weight is 350 g/mol. The van der Waals surface area contributed by atoms with Crippen LogP contribution in [0.1, 0.15) is 24.0 Å². The molecular weight excluding hydrogens is 335 g/mol. The van der Waals surface area contributed by atoms with Gasteiger partial charge in [-0.1, -0.05) is 17.7 Å². The highest BCUT2D eigenvalue weighted by Gasteiger charge is 2.70. The van der Waals surface area contributed by atoms with Crippen LogP contribution in [0.2, 0.25) is 5.02 Å². The lowest BCUT2D eigenvalue weighted by atomic mass is 9.80. The third-order valence-corrected chi connectivity index (χ3v) is 5.56. The topological polar surface area (TPSA) is 60.8 Å². The average Bonchev–Trinajstić information content (AvgIpc) is 3.16. The third-order valence-electron chi connectivity index (χ3n) is 5.23. The number of rotatable bonds is 2. The van der Waals surface area contributed by atoms with E-state index in [2.05, 4.69) is 0 Å². The Bertz CT molecular complexity index is 666. The number of halogens is 4. The van der Waals surface area contributed by atoms with E-state index in [1.54, 1.807) is 6.07 Å².